The maximum Gasteiger partial charge on any atom is 0.375 e. The topological polar surface area (TPSA) is 99.4 Å². The Morgan fingerprint density at radius 2 is 1.84 bits per heavy atom. The standard InChI is InChI=1S/C35H40N2O5S/c1-4-8-23-20-26(38)14-15-33(23,2)24-12-16-34(3)25(19-24)13-17-35(34,42-32(40)29-11-7-18-41-29)30(39)22-43-31-21-36-27-9-5-6-10-28(27)37-31/h5-7,9-11,18,20-21,24-25H,4,8,12-17,19,22H2,1-3H3/t24?,25?,33?,34?,35-/m0/s1. The molecule has 0 amide bonds. The summed E-state index contributed by atoms with van der Waals surface area (Å²) in [5.74, 6) is 0.446. The molecule has 6 rings (SSSR count). The van der Waals surface area contributed by atoms with Gasteiger partial charge in [0.05, 0.1) is 29.2 Å². The van der Waals surface area contributed by atoms with E-state index >= 15 is 0 Å². The molecule has 8 heteroatoms. The van der Waals surface area contributed by atoms with Crippen molar-refractivity contribution in [3.63, 3.8) is 0 Å². The predicted molar refractivity (Wildman–Crippen MR) is 166 cm³/mol. The van der Waals surface area contributed by atoms with Crippen LogP contribution in [-0.2, 0) is 14.3 Å². The van der Waals surface area contributed by atoms with Gasteiger partial charge in [-0.2, -0.15) is 0 Å². The molecule has 2 saturated carbocycles. The highest BCUT2D eigenvalue weighted by Crippen LogP contribution is 2.64. The molecule has 3 aliphatic rings. The van der Waals surface area contributed by atoms with Gasteiger partial charge in [-0.3, -0.25) is 14.6 Å². The van der Waals surface area contributed by atoms with Gasteiger partial charge in [0.15, 0.2) is 17.2 Å². The Morgan fingerprint density at radius 3 is 2.60 bits per heavy atom. The summed E-state index contributed by atoms with van der Waals surface area (Å²) in [7, 11) is 0. The number of thioether (sulfide) groups is 1. The minimum Gasteiger partial charge on any atom is -0.457 e. The van der Waals surface area contributed by atoms with Crippen LogP contribution in [0.1, 0.15) is 89.1 Å². The van der Waals surface area contributed by atoms with Gasteiger partial charge >= 0.3 is 5.97 Å². The second-order valence-electron chi connectivity index (χ2n) is 13.0. The fourth-order valence-corrected chi connectivity index (χ4v) is 9.03. The van der Waals surface area contributed by atoms with Crippen molar-refractivity contribution >= 4 is 40.3 Å². The third kappa shape index (κ3) is 5.26. The van der Waals surface area contributed by atoms with Gasteiger partial charge in [0.2, 0.25) is 5.76 Å². The Hall–Kier alpha value is -3.26. The summed E-state index contributed by atoms with van der Waals surface area (Å²) < 4.78 is 11.7. The van der Waals surface area contributed by atoms with Crippen molar-refractivity contribution < 1.29 is 23.5 Å². The molecular weight excluding hydrogens is 560 g/mol. The molecule has 0 aliphatic heterocycles. The number of allylic oxidation sites excluding steroid dienone is 2. The van der Waals surface area contributed by atoms with E-state index in [1.807, 2.05) is 30.3 Å². The van der Waals surface area contributed by atoms with E-state index in [-0.39, 0.29) is 34.4 Å². The van der Waals surface area contributed by atoms with Gasteiger partial charge in [0.1, 0.15) is 5.03 Å². The van der Waals surface area contributed by atoms with Gasteiger partial charge in [-0.05, 0) is 92.5 Å². The zero-order valence-electron chi connectivity index (χ0n) is 25.3. The number of hydrogen-bond acceptors (Lipinski definition) is 8. The lowest BCUT2D eigenvalue weighted by Crippen LogP contribution is -2.57. The fourth-order valence-electron chi connectivity index (χ4n) is 8.23. The maximum atomic E-state index is 14.4. The average molecular weight is 601 g/mol. The lowest BCUT2D eigenvalue weighted by Gasteiger charge is -2.53. The largest absolute Gasteiger partial charge is 0.457 e. The fraction of sp³-hybridized carbons (Fsp3) is 0.514. The highest BCUT2D eigenvalue weighted by molar-refractivity contribution is 7.99. The molecule has 3 aromatic rings. The third-order valence-corrected chi connectivity index (χ3v) is 11.7. The molecule has 4 unspecified atom stereocenters. The Labute approximate surface area is 257 Å². The summed E-state index contributed by atoms with van der Waals surface area (Å²) in [4.78, 5) is 49.3. The number of aromatic nitrogens is 2. The molecule has 0 saturated heterocycles. The SMILES string of the molecule is CCCC1=CC(=O)CCC1(C)C1CCC2(C)C(CC[C@]2(OC(=O)c2ccco2)C(=O)CSc2cnc3ccccc3n2)C1. The molecule has 2 aromatic heterocycles. The van der Waals surface area contributed by atoms with Crippen LogP contribution in [-0.4, -0.2) is 38.9 Å². The van der Waals surface area contributed by atoms with E-state index in [9.17, 15) is 14.4 Å². The molecule has 2 fully saturated rings. The number of rotatable bonds is 9. The lowest BCUT2D eigenvalue weighted by atomic mass is 9.53. The van der Waals surface area contributed by atoms with Crippen LogP contribution in [0.2, 0.25) is 0 Å². The van der Waals surface area contributed by atoms with E-state index in [1.165, 1.54) is 23.6 Å². The Balaban J connectivity index is 1.27. The number of carbonyl (C=O) groups excluding carboxylic acids is 3. The van der Waals surface area contributed by atoms with E-state index < -0.39 is 17.0 Å². The van der Waals surface area contributed by atoms with Gasteiger partial charge in [-0.1, -0.05) is 56.7 Å². The van der Waals surface area contributed by atoms with Gasteiger partial charge in [0.25, 0.3) is 0 Å². The van der Waals surface area contributed by atoms with Crippen molar-refractivity contribution in [2.45, 2.75) is 89.2 Å². The van der Waals surface area contributed by atoms with E-state index in [0.717, 1.165) is 56.0 Å². The first kappa shape index (κ1) is 29.8. The molecule has 43 heavy (non-hydrogen) atoms. The first-order valence-corrected chi connectivity index (χ1v) is 16.6. The third-order valence-electron chi connectivity index (χ3n) is 10.8. The van der Waals surface area contributed by atoms with Crippen molar-refractivity contribution in [1.82, 2.24) is 9.97 Å². The normalized spacial score (nSPS) is 30.6. The van der Waals surface area contributed by atoms with Crippen LogP contribution in [0.25, 0.3) is 11.0 Å². The second kappa shape index (κ2) is 11.7. The van der Waals surface area contributed by atoms with Crippen LogP contribution < -0.4 is 0 Å². The minimum absolute atomic E-state index is 0.0179. The summed E-state index contributed by atoms with van der Waals surface area (Å²) in [6, 6.07) is 10.9. The van der Waals surface area contributed by atoms with Crippen LogP contribution >= 0.6 is 11.8 Å². The molecule has 7 nitrogen and oxygen atoms in total. The van der Waals surface area contributed by atoms with E-state index in [0.29, 0.717) is 23.8 Å². The van der Waals surface area contributed by atoms with Gasteiger partial charge in [0, 0.05) is 11.8 Å². The monoisotopic (exact) mass is 600 g/mol. The Bertz CT molecular complexity index is 1570. The molecule has 3 aliphatic carbocycles. The van der Waals surface area contributed by atoms with Gasteiger partial charge in [-0.15, -0.1) is 0 Å². The van der Waals surface area contributed by atoms with E-state index in [2.05, 4.69) is 30.7 Å². The van der Waals surface area contributed by atoms with Crippen LogP contribution in [0.5, 0.6) is 0 Å². The smallest absolute Gasteiger partial charge is 0.375 e. The van der Waals surface area contributed by atoms with Crippen LogP contribution in [0, 0.1) is 22.7 Å². The summed E-state index contributed by atoms with van der Waals surface area (Å²) in [6.07, 6.45) is 12.5. The predicted octanol–water partition coefficient (Wildman–Crippen LogP) is 7.79. The maximum absolute atomic E-state index is 14.4. The number of ketones is 2. The zero-order valence-corrected chi connectivity index (χ0v) is 26.1. The molecule has 5 atom stereocenters. The number of fused-ring (bicyclic) bond motifs is 2. The molecule has 226 valence electrons. The van der Waals surface area contributed by atoms with Gasteiger partial charge < -0.3 is 9.15 Å². The number of para-hydroxylation sites is 2. The first-order chi connectivity index (χ1) is 20.7. The van der Waals surface area contributed by atoms with E-state index in [1.54, 1.807) is 18.3 Å². The number of carbonyl (C=O) groups is 3. The summed E-state index contributed by atoms with van der Waals surface area (Å²) in [5, 5.41) is 0.665. The highest BCUT2D eigenvalue weighted by Gasteiger charge is 2.65. The summed E-state index contributed by atoms with van der Waals surface area (Å²) in [5.41, 5.74) is 1.09. The molecule has 2 heterocycles. The number of Topliss-reactive ketones (excluding diaryl/α,β-unsaturated/α-hetero) is 1. The summed E-state index contributed by atoms with van der Waals surface area (Å²) in [6.45, 7) is 6.67. The van der Waals surface area contributed by atoms with Crippen molar-refractivity contribution in [3.05, 3.63) is 66.3 Å². The van der Waals surface area contributed by atoms with Crippen molar-refractivity contribution in [2.75, 3.05) is 5.75 Å². The number of benzene rings is 1. The van der Waals surface area contributed by atoms with Crippen LogP contribution in [0.4, 0.5) is 0 Å². The zero-order chi connectivity index (χ0) is 30.2. The number of nitrogens with zero attached hydrogens (tertiary/aromatic N) is 2. The lowest BCUT2D eigenvalue weighted by molar-refractivity contribution is -0.155. The number of esters is 1. The Kier molecular flexibility index (Phi) is 8.09. The number of furan rings is 1. The van der Waals surface area contributed by atoms with E-state index in [4.69, 9.17) is 9.15 Å². The molecule has 0 radical (unpaired) electrons. The van der Waals surface area contributed by atoms with Crippen molar-refractivity contribution in [3.8, 4) is 0 Å². The Morgan fingerprint density at radius 1 is 1.05 bits per heavy atom. The average Bonchev–Trinajstić information content (AvgIpc) is 3.65. The molecule has 1 aromatic carbocycles. The second-order valence-corrected chi connectivity index (χ2v) is 14.0. The van der Waals surface area contributed by atoms with Crippen LogP contribution in [0.15, 0.2) is 70.0 Å². The quantitative estimate of drug-likeness (QED) is 0.181. The molecule has 0 spiro atoms. The minimum atomic E-state index is -1.25. The molecule has 0 N–H and O–H groups in total. The number of hydrogen-bond donors (Lipinski definition) is 0. The van der Waals surface area contributed by atoms with Crippen LogP contribution in [0.3, 0.4) is 0 Å². The number of ether oxygens (including phenoxy) is 1. The first-order valence-electron chi connectivity index (χ1n) is 15.6. The van der Waals surface area contributed by atoms with Gasteiger partial charge in [-0.25, -0.2) is 9.78 Å². The molecular formula is C35H40N2O5S. The summed E-state index contributed by atoms with van der Waals surface area (Å²) >= 11 is 1.34. The van der Waals surface area contributed by atoms with Crippen molar-refractivity contribution in [1.29, 1.82) is 0 Å². The molecule has 0 bridgehead atoms. The van der Waals surface area contributed by atoms with Crippen molar-refractivity contribution in [2.24, 2.45) is 22.7 Å². The highest BCUT2D eigenvalue weighted by atomic mass is 32.2.